The summed E-state index contributed by atoms with van der Waals surface area (Å²) in [5.74, 6) is -2.20. The first kappa shape index (κ1) is 18.9. The first-order chi connectivity index (χ1) is 9.58. The molecule has 2 heterocycles. The van der Waals surface area contributed by atoms with E-state index in [-0.39, 0.29) is 32.3 Å². The van der Waals surface area contributed by atoms with Crippen LogP contribution in [0.1, 0.15) is 11.4 Å². The molecule has 2 aromatic heterocycles. The Balaban J connectivity index is 0.000000364. The molecule has 2 rings (SSSR count). The van der Waals surface area contributed by atoms with Crippen LogP contribution in [0.4, 0.5) is 0 Å². The largest absolute Gasteiger partial charge is 2.00 e. The zero-order valence-corrected chi connectivity index (χ0v) is 14.2. The summed E-state index contributed by atoms with van der Waals surface area (Å²) in [6.45, 7) is 0. The third-order valence-electron chi connectivity index (χ3n) is 2.10. The van der Waals surface area contributed by atoms with Gasteiger partial charge in [0, 0.05) is 48.6 Å². The Kier molecular flexibility index (Phi) is 9.55. The van der Waals surface area contributed by atoms with E-state index in [9.17, 15) is 19.8 Å². The molecule has 0 radical (unpaired) electrons. The van der Waals surface area contributed by atoms with E-state index in [1.165, 1.54) is 0 Å². The van der Waals surface area contributed by atoms with Gasteiger partial charge in [0.25, 0.3) is 0 Å². The average molecular weight is 338 g/mol. The molecule has 0 saturated heterocycles. The summed E-state index contributed by atoms with van der Waals surface area (Å²) in [5.41, 5.74) is 1.06. The van der Waals surface area contributed by atoms with Crippen molar-refractivity contribution in [2.75, 3.05) is 0 Å². The Bertz CT molecular complexity index is 498. The first-order valence-electron chi connectivity index (χ1n) is 5.77. The van der Waals surface area contributed by atoms with Gasteiger partial charge in [-0.1, -0.05) is 12.1 Å². The van der Waals surface area contributed by atoms with Gasteiger partial charge in [-0.25, -0.2) is 0 Å². The van der Waals surface area contributed by atoms with Crippen LogP contribution in [0.25, 0.3) is 0 Å². The number of nitrogens with zero attached hydrogens (tertiary/aromatic N) is 2. The summed E-state index contributed by atoms with van der Waals surface area (Å²) in [5, 5.41) is 20.0. The van der Waals surface area contributed by atoms with E-state index in [0.29, 0.717) is 11.4 Å². The van der Waals surface area contributed by atoms with Crippen molar-refractivity contribution in [1.29, 1.82) is 0 Å². The Labute approximate surface area is 134 Å². The summed E-state index contributed by atoms with van der Waals surface area (Å²) in [6.07, 6.45) is 2.89. The molecule has 0 atom stereocenters. The smallest absolute Gasteiger partial charge is 0.550 e. The maximum absolute atomic E-state index is 10.0. The van der Waals surface area contributed by atoms with E-state index in [1.54, 1.807) is 48.8 Å². The molecule has 0 N–H and O–H groups in total. The van der Waals surface area contributed by atoms with Crippen LogP contribution in [0, 0.1) is 0 Å². The minimum atomic E-state index is -1.10. The van der Waals surface area contributed by atoms with Gasteiger partial charge in [0.15, 0.2) is 0 Å². The van der Waals surface area contributed by atoms with Crippen LogP contribution < -0.4 is 10.2 Å². The summed E-state index contributed by atoms with van der Waals surface area (Å²) in [7, 11) is 0. The van der Waals surface area contributed by atoms with Crippen molar-refractivity contribution in [3.05, 3.63) is 60.2 Å². The van der Waals surface area contributed by atoms with Crippen molar-refractivity contribution in [3.8, 4) is 0 Å². The predicted octanol–water partition coefficient (Wildman–Crippen LogP) is -1.25. The Hall–Kier alpha value is -2.14. The molecular weight excluding hydrogens is 326 g/mol. The van der Waals surface area contributed by atoms with Crippen LogP contribution in [-0.4, -0.2) is 21.9 Å². The van der Waals surface area contributed by atoms with Crippen molar-refractivity contribution >= 4 is 11.9 Å². The molecule has 0 aliphatic carbocycles. The number of carboxylic acid groups (broad SMARTS) is 2. The zero-order chi connectivity index (χ0) is 14.8. The van der Waals surface area contributed by atoms with Gasteiger partial charge in [-0.3, -0.25) is 9.97 Å². The van der Waals surface area contributed by atoms with Crippen molar-refractivity contribution in [1.82, 2.24) is 9.97 Å². The molecule has 0 unspecified atom stereocenters. The molecule has 0 aromatic carbocycles. The van der Waals surface area contributed by atoms with Gasteiger partial charge in [-0.15, -0.1) is 0 Å². The first-order valence-corrected chi connectivity index (χ1v) is 5.77. The van der Waals surface area contributed by atoms with Crippen LogP contribution in [0.5, 0.6) is 0 Å². The minimum absolute atomic E-state index is 0. The molecule has 0 saturated carbocycles. The number of carbonyl (C=O) groups is 2. The molecular formula is C14H12N2O4Zn. The fourth-order valence-electron chi connectivity index (χ4n) is 1.30. The van der Waals surface area contributed by atoms with Gasteiger partial charge in [0.1, 0.15) is 0 Å². The Morgan fingerprint density at radius 3 is 1.43 bits per heavy atom. The number of carboxylic acids is 2. The molecule has 2 aromatic rings. The maximum atomic E-state index is 10.0. The summed E-state index contributed by atoms with van der Waals surface area (Å²) < 4.78 is 0. The van der Waals surface area contributed by atoms with E-state index in [1.807, 2.05) is 0 Å². The third kappa shape index (κ3) is 9.40. The van der Waals surface area contributed by atoms with Gasteiger partial charge < -0.3 is 19.8 Å². The normalized spacial score (nSPS) is 8.76. The van der Waals surface area contributed by atoms with Crippen molar-refractivity contribution < 1.29 is 39.3 Å². The topological polar surface area (TPSA) is 106 Å². The number of aromatic nitrogens is 2. The average Bonchev–Trinajstić information content (AvgIpc) is 2.40. The minimum Gasteiger partial charge on any atom is -0.550 e. The molecule has 21 heavy (non-hydrogen) atoms. The summed E-state index contributed by atoms with van der Waals surface area (Å²) in [6, 6.07) is 10.2. The van der Waals surface area contributed by atoms with Gasteiger partial charge in [0.2, 0.25) is 0 Å². The van der Waals surface area contributed by atoms with Gasteiger partial charge in [-0.2, -0.15) is 0 Å². The summed E-state index contributed by atoms with van der Waals surface area (Å²) in [4.78, 5) is 27.6. The van der Waals surface area contributed by atoms with E-state index in [4.69, 9.17) is 0 Å². The standard InChI is InChI=1S/2C7H7NO2.Zn/c2*9-7(10)5-6-3-1-2-4-8-6;/h2*1-4H,5H2,(H,9,10);/q;;+2/p-2. The van der Waals surface area contributed by atoms with Crippen molar-refractivity contribution in [2.24, 2.45) is 0 Å². The quantitative estimate of drug-likeness (QED) is 0.645. The zero-order valence-electron chi connectivity index (χ0n) is 11.3. The van der Waals surface area contributed by atoms with E-state index in [2.05, 4.69) is 9.97 Å². The fraction of sp³-hybridized carbons (Fsp3) is 0.143. The molecule has 7 heteroatoms. The summed E-state index contributed by atoms with van der Waals surface area (Å²) >= 11 is 0. The van der Waals surface area contributed by atoms with E-state index in [0.717, 1.165) is 0 Å². The van der Waals surface area contributed by atoms with Crippen molar-refractivity contribution in [3.63, 3.8) is 0 Å². The second-order valence-corrected chi connectivity index (χ2v) is 3.74. The van der Waals surface area contributed by atoms with Crippen LogP contribution in [0.3, 0.4) is 0 Å². The Morgan fingerprint density at radius 2 is 1.19 bits per heavy atom. The second kappa shape index (κ2) is 10.6. The van der Waals surface area contributed by atoms with Gasteiger partial charge in [-0.05, 0) is 24.3 Å². The predicted molar refractivity (Wildman–Crippen MR) is 65.9 cm³/mol. The van der Waals surface area contributed by atoms with E-state index < -0.39 is 11.9 Å². The van der Waals surface area contributed by atoms with Crippen LogP contribution >= 0.6 is 0 Å². The van der Waals surface area contributed by atoms with Crippen LogP contribution in [-0.2, 0) is 41.9 Å². The monoisotopic (exact) mass is 336 g/mol. The molecule has 0 spiro atoms. The molecule has 104 valence electrons. The molecule has 0 fully saturated rings. The second-order valence-electron chi connectivity index (χ2n) is 3.74. The maximum Gasteiger partial charge on any atom is 2.00 e. The number of carbonyl (C=O) groups excluding carboxylic acids is 2. The van der Waals surface area contributed by atoms with Crippen molar-refractivity contribution in [2.45, 2.75) is 12.8 Å². The van der Waals surface area contributed by atoms with Crippen LogP contribution in [0.2, 0.25) is 0 Å². The van der Waals surface area contributed by atoms with Gasteiger partial charge in [0.05, 0.1) is 0 Å². The van der Waals surface area contributed by atoms with Crippen LogP contribution in [0.15, 0.2) is 48.8 Å². The molecule has 0 bridgehead atoms. The number of pyridine rings is 2. The fourth-order valence-corrected chi connectivity index (χ4v) is 1.30. The van der Waals surface area contributed by atoms with E-state index >= 15 is 0 Å². The molecule has 6 nitrogen and oxygen atoms in total. The Morgan fingerprint density at radius 1 is 0.810 bits per heavy atom. The number of rotatable bonds is 4. The molecule has 0 amide bonds. The SMILES string of the molecule is O=C([O-])Cc1ccccn1.O=C([O-])Cc1ccccn1.[Zn+2]. The van der Waals surface area contributed by atoms with Gasteiger partial charge >= 0.3 is 19.5 Å². The third-order valence-corrected chi connectivity index (χ3v) is 2.10. The number of aliphatic carboxylic acids is 2. The molecule has 0 aliphatic heterocycles. The molecule has 0 aliphatic rings. The number of hydrogen-bond donors (Lipinski definition) is 0. The number of hydrogen-bond acceptors (Lipinski definition) is 6.